The van der Waals surface area contributed by atoms with E-state index in [1.165, 1.54) is 12.1 Å². The molecule has 2 aromatic rings. The normalized spacial score (nSPS) is 13.3. The summed E-state index contributed by atoms with van der Waals surface area (Å²) in [6, 6.07) is 6.17. The molecule has 0 fully saturated rings. The highest BCUT2D eigenvalue weighted by Gasteiger charge is 2.22. The predicted molar refractivity (Wildman–Crippen MR) is 82.8 cm³/mol. The Labute approximate surface area is 129 Å². The summed E-state index contributed by atoms with van der Waals surface area (Å²) in [6.07, 6.45) is 2.01. The van der Waals surface area contributed by atoms with Crippen molar-refractivity contribution in [2.75, 3.05) is 5.73 Å². The Morgan fingerprint density at radius 2 is 2.14 bits per heavy atom. The van der Waals surface area contributed by atoms with Crippen LogP contribution < -0.4 is 10.5 Å². The van der Waals surface area contributed by atoms with Gasteiger partial charge in [-0.1, -0.05) is 11.6 Å². The number of sulfonamides is 1. The number of nitrogen functional groups attached to an aromatic ring is 1. The minimum Gasteiger partial charge on any atom is -0.469 e. The van der Waals surface area contributed by atoms with Crippen molar-refractivity contribution >= 4 is 27.3 Å². The molecule has 0 bridgehead atoms. The van der Waals surface area contributed by atoms with E-state index >= 15 is 0 Å². The van der Waals surface area contributed by atoms with Crippen molar-refractivity contribution < 1.29 is 12.8 Å². The van der Waals surface area contributed by atoms with Gasteiger partial charge in [0.15, 0.2) is 0 Å². The maximum Gasteiger partial charge on any atom is 0.241 e. The maximum atomic E-state index is 12.4. The maximum absolute atomic E-state index is 12.4. The molecule has 0 saturated heterocycles. The summed E-state index contributed by atoms with van der Waals surface area (Å²) in [5.74, 6) is 0.715. The SMILES string of the molecule is Cc1c(N)cc(Cl)cc1S(=O)(=O)NC(C)Cc1ccco1. The van der Waals surface area contributed by atoms with E-state index in [4.69, 9.17) is 21.8 Å². The number of hydrogen-bond donors (Lipinski definition) is 2. The van der Waals surface area contributed by atoms with Gasteiger partial charge in [-0.25, -0.2) is 13.1 Å². The Morgan fingerprint density at radius 1 is 1.43 bits per heavy atom. The van der Waals surface area contributed by atoms with Gasteiger partial charge in [-0.15, -0.1) is 0 Å². The molecule has 1 atom stereocenters. The number of nitrogens with two attached hydrogens (primary N) is 1. The van der Waals surface area contributed by atoms with E-state index in [0.717, 1.165) is 0 Å². The molecule has 0 radical (unpaired) electrons. The number of halogens is 1. The number of hydrogen-bond acceptors (Lipinski definition) is 4. The Bertz CT molecular complexity index is 727. The van der Waals surface area contributed by atoms with Gasteiger partial charge in [0.1, 0.15) is 5.76 Å². The molecular formula is C14H17ClN2O3S. The molecule has 114 valence electrons. The molecular weight excluding hydrogens is 312 g/mol. The third-order valence-corrected chi connectivity index (χ3v) is 5.03. The fraction of sp³-hybridized carbons (Fsp3) is 0.286. The summed E-state index contributed by atoms with van der Waals surface area (Å²) in [4.78, 5) is 0.0961. The minimum absolute atomic E-state index is 0.0961. The van der Waals surface area contributed by atoms with Crippen LogP contribution in [0.5, 0.6) is 0 Å². The lowest BCUT2D eigenvalue weighted by Gasteiger charge is -2.15. The smallest absolute Gasteiger partial charge is 0.241 e. The van der Waals surface area contributed by atoms with Crippen molar-refractivity contribution in [3.05, 3.63) is 46.9 Å². The molecule has 0 amide bonds. The van der Waals surface area contributed by atoms with Crippen LogP contribution in [0.15, 0.2) is 39.8 Å². The highest BCUT2D eigenvalue weighted by Crippen LogP contribution is 2.26. The van der Waals surface area contributed by atoms with Gasteiger partial charge in [-0.2, -0.15) is 0 Å². The second-order valence-electron chi connectivity index (χ2n) is 4.92. The van der Waals surface area contributed by atoms with Gasteiger partial charge in [0, 0.05) is 23.2 Å². The van der Waals surface area contributed by atoms with Gasteiger partial charge in [0.05, 0.1) is 11.2 Å². The average Bonchev–Trinajstić information content (AvgIpc) is 2.85. The predicted octanol–water partition coefficient (Wildman–Crippen LogP) is 2.73. The summed E-state index contributed by atoms with van der Waals surface area (Å²) in [5, 5.41) is 0.289. The third-order valence-electron chi connectivity index (χ3n) is 3.10. The summed E-state index contributed by atoms with van der Waals surface area (Å²) in [5.41, 5.74) is 6.60. The molecule has 0 saturated carbocycles. The summed E-state index contributed by atoms with van der Waals surface area (Å²) in [7, 11) is -3.69. The van der Waals surface area contributed by atoms with Crippen LogP contribution in [0.3, 0.4) is 0 Å². The van der Waals surface area contributed by atoms with Gasteiger partial charge in [0.25, 0.3) is 0 Å². The second-order valence-corrected chi connectivity index (χ2v) is 7.04. The Hall–Kier alpha value is -1.50. The van der Waals surface area contributed by atoms with E-state index in [2.05, 4.69) is 4.72 Å². The molecule has 21 heavy (non-hydrogen) atoms. The largest absolute Gasteiger partial charge is 0.469 e. The molecule has 5 nitrogen and oxygen atoms in total. The first-order valence-electron chi connectivity index (χ1n) is 6.40. The van der Waals surface area contributed by atoms with Crippen LogP contribution in [0.4, 0.5) is 5.69 Å². The van der Waals surface area contributed by atoms with Gasteiger partial charge < -0.3 is 10.2 Å². The lowest BCUT2D eigenvalue weighted by Crippen LogP contribution is -2.34. The number of rotatable bonds is 5. The number of anilines is 1. The Morgan fingerprint density at radius 3 is 2.76 bits per heavy atom. The molecule has 7 heteroatoms. The first-order valence-corrected chi connectivity index (χ1v) is 8.26. The highest BCUT2D eigenvalue weighted by molar-refractivity contribution is 7.89. The van der Waals surface area contributed by atoms with E-state index in [-0.39, 0.29) is 16.0 Å². The fourth-order valence-corrected chi connectivity index (χ4v) is 3.89. The van der Waals surface area contributed by atoms with E-state index in [1.54, 1.807) is 32.2 Å². The standard InChI is InChI=1S/C14H17ClN2O3S/c1-9(6-12-4-3-5-20-12)17-21(18,19)14-8-11(15)7-13(16)10(14)2/h3-5,7-9,17H,6,16H2,1-2H3. The summed E-state index contributed by atoms with van der Waals surface area (Å²) in [6.45, 7) is 3.42. The molecule has 1 unspecified atom stereocenters. The molecule has 1 aromatic heterocycles. The highest BCUT2D eigenvalue weighted by atomic mass is 35.5. The van der Waals surface area contributed by atoms with E-state index in [1.807, 2.05) is 0 Å². The topological polar surface area (TPSA) is 85.3 Å². The Kier molecular flexibility index (Phi) is 4.61. The second kappa shape index (κ2) is 6.09. The van der Waals surface area contributed by atoms with Crippen LogP contribution in [0.2, 0.25) is 5.02 Å². The lowest BCUT2D eigenvalue weighted by atomic mass is 10.2. The Balaban J connectivity index is 2.22. The first-order chi connectivity index (χ1) is 9.79. The van der Waals surface area contributed by atoms with Gasteiger partial charge in [-0.05, 0) is 43.7 Å². The first kappa shape index (κ1) is 15.9. The minimum atomic E-state index is -3.69. The zero-order valence-electron chi connectivity index (χ0n) is 11.8. The molecule has 0 aliphatic carbocycles. The zero-order valence-corrected chi connectivity index (χ0v) is 13.3. The van der Waals surface area contributed by atoms with Crippen molar-refractivity contribution in [1.29, 1.82) is 0 Å². The van der Waals surface area contributed by atoms with E-state index in [9.17, 15) is 8.42 Å². The lowest BCUT2D eigenvalue weighted by molar-refractivity contribution is 0.479. The van der Waals surface area contributed by atoms with Crippen molar-refractivity contribution in [2.45, 2.75) is 31.2 Å². The molecule has 0 spiro atoms. The van der Waals surface area contributed by atoms with Gasteiger partial charge >= 0.3 is 0 Å². The van der Waals surface area contributed by atoms with E-state index < -0.39 is 10.0 Å². The van der Waals surface area contributed by atoms with E-state index in [0.29, 0.717) is 23.4 Å². The van der Waals surface area contributed by atoms with Crippen molar-refractivity contribution in [3.8, 4) is 0 Å². The number of furan rings is 1. The van der Waals surface area contributed by atoms with Crippen LogP contribution >= 0.6 is 11.6 Å². The average molecular weight is 329 g/mol. The summed E-state index contributed by atoms with van der Waals surface area (Å²) < 4.78 is 32.7. The monoisotopic (exact) mass is 328 g/mol. The fourth-order valence-electron chi connectivity index (χ4n) is 2.05. The van der Waals surface area contributed by atoms with Crippen molar-refractivity contribution in [1.82, 2.24) is 4.72 Å². The number of benzene rings is 1. The molecule has 1 aromatic carbocycles. The molecule has 3 N–H and O–H groups in total. The van der Waals surface area contributed by atoms with Crippen LogP contribution in [0.1, 0.15) is 18.2 Å². The van der Waals surface area contributed by atoms with Crippen LogP contribution in [0, 0.1) is 6.92 Å². The van der Waals surface area contributed by atoms with Crippen LogP contribution in [0.25, 0.3) is 0 Å². The number of nitrogens with one attached hydrogen (secondary N) is 1. The molecule has 2 rings (SSSR count). The van der Waals surface area contributed by atoms with Gasteiger partial charge in [0.2, 0.25) is 10.0 Å². The molecule has 0 aliphatic rings. The third kappa shape index (κ3) is 3.78. The van der Waals surface area contributed by atoms with Crippen molar-refractivity contribution in [3.63, 3.8) is 0 Å². The van der Waals surface area contributed by atoms with Crippen LogP contribution in [-0.4, -0.2) is 14.5 Å². The quantitative estimate of drug-likeness (QED) is 0.826. The zero-order chi connectivity index (χ0) is 15.6. The summed E-state index contributed by atoms with van der Waals surface area (Å²) >= 11 is 5.89. The van der Waals surface area contributed by atoms with Crippen molar-refractivity contribution in [2.24, 2.45) is 0 Å². The van der Waals surface area contributed by atoms with Crippen LogP contribution in [-0.2, 0) is 16.4 Å². The van der Waals surface area contributed by atoms with Gasteiger partial charge in [-0.3, -0.25) is 0 Å². The molecule has 1 heterocycles. The molecule has 0 aliphatic heterocycles.